The lowest BCUT2D eigenvalue weighted by atomic mass is 10.0. The molecule has 1 aliphatic rings. The fourth-order valence-corrected chi connectivity index (χ4v) is 3.99. The van der Waals surface area contributed by atoms with Gasteiger partial charge in [0.2, 0.25) is 0 Å². The van der Waals surface area contributed by atoms with Gasteiger partial charge in [-0.1, -0.05) is 19.1 Å². The van der Waals surface area contributed by atoms with Crippen molar-refractivity contribution < 1.29 is 13.5 Å². The topological polar surface area (TPSA) is 66.4 Å². The minimum absolute atomic E-state index is 0.214. The third-order valence-corrected chi connectivity index (χ3v) is 5.41. The zero-order valence-corrected chi connectivity index (χ0v) is 12.0. The zero-order valence-electron chi connectivity index (χ0n) is 11.2. The van der Waals surface area contributed by atoms with Crippen LogP contribution in [0.4, 0.5) is 0 Å². The van der Waals surface area contributed by atoms with E-state index in [4.69, 9.17) is 0 Å². The first-order valence-electron chi connectivity index (χ1n) is 6.75. The Bertz CT molecular complexity index is 496. The maximum atomic E-state index is 11.4. The van der Waals surface area contributed by atoms with E-state index >= 15 is 0 Å². The molecule has 1 heterocycles. The molecule has 5 heteroatoms. The van der Waals surface area contributed by atoms with E-state index in [1.54, 1.807) is 12.1 Å². The third kappa shape index (κ3) is 3.94. The molecular formula is C14H21NO3S. The average Bonchev–Trinajstić information content (AvgIpc) is 2.39. The normalized spacial score (nSPS) is 21.1. The number of hydrogen-bond acceptors (Lipinski definition) is 4. The molecular weight excluding hydrogens is 262 g/mol. The number of sulfone groups is 1. The molecule has 1 unspecified atom stereocenters. The number of rotatable bonds is 4. The van der Waals surface area contributed by atoms with Crippen molar-refractivity contribution in [3.05, 3.63) is 29.8 Å². The van der Waals surface area contributed by atoms with E-state index in [0.29, 0.717) is 12.8 Å². The van der Waals surface area contributed by atoms with Gasteiger partial charge in [0.05, 0.1) is 11.5 Å². The van der Waals surface area contributed by atoms with Gasteiger partial charge in [0, 0.05) is 12.1 Å². The minimum atomic E-state index is -2.80. The van der Waals surface area contributed by atoms with Crippen LogP contribution >= 0.6 is 0 Å². The van der Waals surface area contributed by atoms with Gasteiger partial charge in [0.1, 0.15) is 15.6 Å². The van der Waals surface area contributed by atoms with Crippen LogP contribution in [-0.2, 0) is 9.84 Å². The quantitative estimate of drug-likeness (QED) is 0.887. The second-order valence-electron chi connectivity index (χ2n) is 5.15. The van der Waals surface area contributed by atoms with Gasteiger partial charge in [-0.3, -0.25) is 0 Å². The fourth-order valence-electron chi connectivity index (χ4n) is 2.50. The summed E-state index contributed by atoms with van der Waals surface area (Å²) in [6, 6.07) is 7.68. The first-order chi connectivity index (χ1) is 9.00. The van der Waals surface area contributed by atoms with Gasteiger partial charge in [-0.05, 0) is 37.0 Å². The Morgan fingerprint density at radius 2 is 1.84 bits per heavy atom. The standard InChI is InChI=1S/C14H21NO3S/c1-2-14(11-3-5-13(16)6-4-11)15-12-7-9-19(17,18)10-8-12/h3-6,12,14-16H,2,7-10H2,1H3. The van der Waals surface area contributed by atoms with Crippen molar-refractivity contribution in [2.24, 2.45) is 0 Å². The van der Waals surface area contributed by atoms with E-state index in [-0.39, 0.29) is 29.3 Å². The molecule has 1 fully saturated rings. The summed E-state index contributed by atoms with van der Waals surface area (Å²) >= 11 is 0. The average molecular weight is 283 g/mol. The van der Waals surface area contributed by atoms with Crippen LogP contribution in [0.5, 0.6) is 5.75 Å². The number of phenols is 1. The van der Waals surface area contributed by atoms with Gasteiger partial charge in [0.15, 0.2) is 0 Å². The number of aromatic hydroxyl groups is 1. The summed E-state index contributed by atoms with van der Waals surface area (Å²) in [4.78, 5) is 0. The fraction of sp³-hybridized carbons (Fsp3) is 0.571. The maximum absolute atomic E-state index is 11.4. The van der Waals surface area contributed by atoms with Crippen LogP contribution in [0, 0.1) is 0 Å². The maximum Gasteiger partial charge on any atom is 0.150 e. The summed E-state index contributed by atoms with van der Waals surface area (Å²) in [5.74, 6) is 0.843. The molecule has 1 aromatic carbocycles. The molecule has 0 spiro atoms. The van der Waals surface area contributed by atoms with Gasteiger partial charge in [-0.15, -0.1) is 0 Å². The van der Waals surface area contributed by atoms with Crippen LogP contribution in [0.1, 0.15) is 37.8 Å². The molecule has 1 saturated heterocycles. The molecule has 0 amide bonds. The van der Waals surface area contributed by atoms with Crippen molar-refractivity contribution in [3.63, 3.8) is 0 Å². The Labute approximate surface area is 114 Å². The second-order valence-corrected chi connectivity index (χ2v) is 7.45. The summed E-state index contributed by atoms with van der Waals surface area (Å²) in [5.41, 5.74) is 1.13. The molecule has 1 aromatic rings. The Morgan fingerprint density at radius 1 is 1.26 bits per heavy atom. The van der Waals surface area contributed by atoms with Gasteiger partial charge >= 0.3 is 0 Å². The monoisotopic (exact) mass is 283 g/mol. The first kappa shape index (κ1) is 14.3. The molecule has 0 radical (unpaired) electrons. The number of phenolic OH excluding ortho intramolecular Hbond substituents is 1. The Kier molecular flexibility index (Phi) is 4.47. The Balaban J connectivity index is 1.98. The lowest BCUT2D eigenvalue weighted by molar-refractivity contribution is 0.397. The molecule has 1 atom stereocenters. The van der Waals surface area contributed by atoms with E-state index in [1.165, 1.54) is 0 Å². The Morgan fingerprint density at radius 3 is 2.37 bits per heavy atom. The van der Waals surface area contributed by atoms with Crippen LogP contribution in [-0.4, -0.2) is 31.1 Å². The summed E-state index contributed by atoms with van der Waals surface area (Å²) in [5, 5.41) is 12.8. The summed E-state index contributed by atoms with van der Waals surface area (Å²) < 4.78 is 22.8. The molecule has 2 rings (SSSR count). The van der Waals surface area contributed by atoms with E-state index in [9.17, 15) is 13.5 Å². The zero-order chi connectivity index (χ0) is 13.9. The van der Waals surface area contributed by atoms with E-state index < -0.39 is 9.84 Å². The van der Waals surface area contributed by atoms with Crippen molar-refractivity contribution in [2.75, 3.05) is 11.5 Å². The highest BCUT2D eigenvalue weighted by molar-refractivity contribution is 7.91. The summed E-state index contributed by atoms with van der Waals surface area (Å²) in [6.45, 7) is 2.10. The van der Waals surface area contributed by atoms with Gasteiger partial charge in [-0.2, -0.15) is 0 Å². The molecule has 0 bridgehead atoms. The lowest BCUT2D eigenvalue weighted by Crippen LogP contribution is -2.39. The van der Waals surface area contributed by atoms with E-state index in [1.807, 2.05) is 12.1 Å². The van der Waals surface area contributed by atoms with Crippen molar-refractivity contribution >= 4 is 9.84 Å². The largest absolute Gasteiger partial charge is 0.508 e. The molecule has 0 saturated carbocycles. The van der Waals surface area contributed by atoms with Gasteiger partial charge < -0.3 is 10.4 Å². The van der Waals surface area contributed by atoms with Crippen LogP contribution in [0.15, 0.2) is 24.3 Å². The highest BCUT2D eigenvalue weighted by Gasteiger charge is 2.25. The molecule has 19 heavy (non-hydrogen) atoms. The minimum Gasteiger partial charge on any atom is -0.508 e. The molecule has 2 N–H and O–H groups in total. The molecule has 0 aromatic heterocycles. The van der Waals surface area contributed by atoms with Crippen molar-refractivity contribution in [2.45, 2.75) is 38.3 Å². The lowest BCUT2D eigenvalue weighted by Gasteiger charge is -2.28. The summed E-state index contributed by atoms with van der Waals surface area (Å²) in [7, 11) is -2.80. The second kappa shape index (κ2) is 5.92. The number of hydrogen-bond donors (Lipinski definition) is 2. The predicted octanol–water partition coefficient (Wildman–Crippen LogP) is 2.01. The molecule has 0 aliphatic carbocycles. The third-order valence-electron chi connectivity index (χ3n) is 3.70. The number of benzene rings is 1. The van der Waals surface area contributed by atoms with Crippen molar-refractivity contribution in [1.82, 2.24) is 5.32 Å². The molecule has 4 nitrogen and oxygen atoms in total. The van der Waals surface area contributed by atoms with Gasteiger partial charge in [0.25, 0.3) is 0 Å². The summed E-state index contributed by atoms with van der Waals surface area (Å²) in [6.07, 6.45) is 2.32. The molecule has 106 valence electrons. The highest BCUT2D eigenvalue weighted by Crippen LogP contribution is 2.22. The number of nitrogens with one attached hydrogen (secondary N) is 1. The van der Waals surface area contributed by atoms with Crippen molar-refractivity contribution in [1.29, 1.82) is 0 Å². The Hall–Kier alpha value is -1.07. The van der Waals surface area contributed by atoms with Crippen LogP contribution < -0.4 is 5.32 Å². The SMILES string of the molecule is CCC(NC1CCS(=O)(=O)CC1)c1ccc(O)cc1. The van der Waals surface area contributed by atoms with E-state index in [2.05, 4.69) is 12.2 Å². The van der Waals surface area contributed by atoms with E-state index in [0.717, 1.165) is 12.0 Å². The van der Waals surface area contributed by atoms with Crippen LogP contribution in [0.3, 0.4) is 0 Å². The highest BCUT2D eigenvalue weighted by atomic mass is 32.2. The first-order valence-corrected chi connectivity index (χ1v) is 8.57. The predicted molar refractivity (Wildman–Crippen MR) is 76.0 cm³/mol. The van der Waals surface area contributed by atoms with Crippen LogP contribution in [0.25, 0.3) is 0 Å². The smallest absolute Gasteiger partial charge is 0.150 e. The van der Waals surface area contributed by atoms with Crippen LogP contribution in [0.2, 0.25) is 0 Å². The van der Waals surface area contributed by atoms with Crippen molar-refractivity contribution in [3.8, 4) is 5.75 Å². The van der Waals surface area contributed by atoms with Gasteiger partial charge in [-0.25, -0.2) is 8.42 Å². The molecule has 1 aliphatic heterocycles.